The lowest BCUT2D eigenvalue weighted by Crippen LogP contribution is -2.02. The monoisotopic (exact) mass is 242 g/mol. The molecule has 0 spiro atoms. The molecule has 3 nitrogen and oxygen atoms in total. The predicted octanol–water partition coefficient (Wildman–Crippen LogP) is 2.26. The van der Waals surface area contributed by atoms with E-state index in [0.717, 1.165) is 10.3 Å². The van der Waals surface area contributed by atoms with E-state index in [1.165, 1.54) is 12.8 Å². The van der Waals surface area contributed by atoms with Crippen LogP contribution in [0.3, 0.4) is 0 Å². The van der Waals surface area contributed by atoms with E-state index in [1.54, 1.807) is 6.92 Å². The Morgan fingerprint density at radius 1 is 1.62 bits per heavy atom. The lowest BCUT2D eigenvalue weighted by molar-refractivity contribution is 0.100. The van der Waals surface area contributed by atoms with Gasteiger partial charge in [-0.25, -0.2) is 4.98 Å². The molecule has 0 aromatic carbocycles. The van der Waals surface area contributed by atoms with Gasteiger partial charge in [0.25, 0.3) is 0 Å². The Hall–Kier alpha value is -0.640. The van der Waals surface area contributed by atoms with Gasteiger partial charge >= 0.3 is 0 Å². The third-order valence-electron chi connectivity index (χ3n) is 2.33. The fraction of sp³-hybridized carbons (Fsp3) is 0.556. The summed E-state index contributed by atoms with van der Waals surface area (Å²) in [6, 6.07) is 0. The van der Waals surface area contributed by atoms with Crippen LogP contribution >= 0.6 is 15.9 Å². The summed E-state index contributed by atoms with van der Waals surface area (Å²) in [5, 5.41) is 0. The predicted molar refractivity (Wildman–Crippen MR) is 52.9 cm³/mol. The Labute approximate surface area is 85.3 Å². The molecule has 0 amide bonds. The Bertz CT molecular complexity index is 366. The zero-order valence-corrected chi connectivity index (χ0v) is 9.26. The van der Waals surface area contributed by atoms with Crippen molar-refractivity contribution in [3.63, 3.8) is 0 Å². The molecular weight excluding hydrogens is 232 g/mol. The van der Waals surface area contributed by atoms with Gasteiger partial charge in [0.1, 0.15) is 4.60 Å². The van der Waals surface area contributed by atoms with Gasteiger partial charge in [0.2, 0.25) is 0 Å². The number of carbonyl (C=O) groups excluding carboxylic acids is 1. The minimum Gasteiger partial charge on any atom is -0.319 e. The van der Waals surface area contributed by atoms with Crippen LogP contribution in [0.15, 0.2) is 4.60 Å². The van der Waals surface area contributed by atoms with Crippen molar-refractivity contribution in [1.29, 1.82) is 0 Å². The van der Waals surface area contributed by atoms with Crippen molar-refractivity contribution in [2.75, 3.05) is 0 Å². The lowest BCUT2D eigenvalue weighted by atomic mass is 10.3. The van der Waals surface area contributed by atoms with E-state index >= 15 is 0 Å². The maximum atomic E-state index is 11.2. The molecule has 1 aromatic heterocycles. The van der Waals surface area contributed by atoms with Crippen LogP contribution in [0.25, 0.3) is 0 Å². The van der Waals surface area contributed by atoms with Crippen LogP contribution in [0.2, 0.25) is 0 Å². The molecule has 0 aliphatic heterocycles. The van der Waals surface area contributed by atoms with Crippen LogP contribution in [0.4, 0.5) is 0 Å². The molecule has 13 heavy (non-hydrogen) atoms. The average Bonchev–Trinajstić information content (AvgIpc) is 2.83. The maximum absolute atomic E-state index is 11.2. The SMILES string of the molecule is CC(=O)c1nc(C2CC2)c(Br)n1C. The van der Waals surface area contributed by atoms with Crippen molar-refractivity contribution in [3.05, 3.63) is 16.1 Å². The topological polar surface area (TPSA) is 34.9 Å². The number of halogens is 1. The highest BCUT2D eigenvalue weighted by atomic mass is 79.9. The van der Waals surface area contributed by atoms with Crippen molar-refractivity contribution >= 4 is 21.7 Å². The van der Waals surface area contributed by atoms with Gasteiger partial charge in [-0.05, 0) is 28.8 Å². The summed E-state index contributed by atoms with van der Waals surface area (Å²) in [5.41, 5.74) is 1.05. The lowest BCUT2D eigenvalue weighted by Gasteiger charge is -1.96. The van der Waals surface area contributed by atoms with E-state index in [0.29, 0.717) is 11.7 Å². The molecule has 1 heterocycles. The standard InChI is InChI=1S/C9H11BrN2O/c1-5(13)9-11-7(6-3-4-6)8(10)12(9)2/h6H,3-4H2,1-2H3. The Balaban J connectivity index is 2.48. The number of aromatic nitrogens is 2. The first-order valence-corrected chi connectivity index (χ1v) is 5.13. The van der Waals surface area contributed by atoms with Crippen molar-refractivity contribution in [3.8, 4) is 0 Å². The highest BCUT2D eigenvalue weighted by molar-refractivity contribution is 9.10. The van der Waals surface area contributed by atoms with Gasteiger partial charge in [0, 0.05) is 19.9 Å². The number of nitrogens with zero attached hydrogens (tertiary/aromatic N) is 2. The van der Waals surface area contributed by atoms with E-state index in [2.05, 4.69) is 20.9 Å². The fourth-order valence-corrected chi connectivity index (χ4v) is 2.01. The smallest absolute Gasteiger partial charge is 0.195 e. The van der Waals surface area contributed by atoms with E-state index < -0.39 is 0 Å². The maximum Gasteiger partial charge on any atom is 0.195 e. The van der Waals surface area contributed by atoms with Crippen molar-refractivity contribution in [2.45, 2.75) is 25.7 Å². The minimum atomic E-state index is 0.0232. The van der Waals surface area contributed by atoms with Crippen LogP contribution in [0, 0.1) is 0 Å². The Kier molecular flexibility index (Phi) is 2.02. The average molecular weight is 243 g/mol. The van der Waals surface area contributed by atoms with Crippen LogP contribution in [0.1, 0.15) is 42.0 Å². The van der Waals surface area contributed by atoms with Crippen molar-refractivity contribution in [1.82, 2.24) is 9.55 Å². The van der Waals surface area contributed by atoms with Crippen molar-refractivity contribution < 1.29 is 4.79 Å². The number of hydrogen-bond acceptors (Lipinski definition) is 2. The van der Waals surface area contributed by atoms with Gasteiger partial charge < -0.3 is 4.57 Å². The van der Waals surface area contributed by atoms with Gasteiger partial charge in [0.15, 0.2) is 11.6 Å². The number of Topliss-reactive ketones (excluding diaryl/α,β-unsaturated/α-hetero) is 1. The zero-order valence-electron chi connectivity index (χ0n) is 7.67. The van der Waals surface area contributed by atoms with E-state index in [4.69, 9.17) is 0 Å². The first kappa shape index (κ1) is 8.94. The molecule has 0 radical (unpaired) electrons. The Morgan fingerprint density at radius 3 is 2.62 bits per heavy atom. The second-order valence-corrected chi connectivity index (χ2v) is 4.25. The summed E-state index contributed by atoms with van der Waals surface area (Å²) in [7, 11) is 1.86. The summed E-state index contributed by atoms with van der Waals surface area (Å²) in [6.07, 6.45) is 2.40. The summed E-state index contributed by atoms with van der Waals surface area (Å²) in [5.74, 6) is 1.15. The molecule has 1 aliphatic carbocycles. The molecular formula is C9H11BrN2O. The summed E-state index contributed by atoms with van der Waals surface area (Å²) in [4.78, 5) is 15.5. The first-order valence-electron chi connectivity index (χ1n) is 4.34. The molecule has 70 valence electrons. The minimum absolute atomic E-state index is 0.0232. The number of imidazole rings is 1. The molecule has 0 bridgehead atoms. The van der Waals surface area contributed by atoms with Crippen LogP contribution in [-0.2, 0) is 7.05 Å². The van der Waals surface area contributed by atoms with Gasteiger partial charge in [-0.3, -0.25) is 4.79 Å². The third-order valence-corrected chi connectivity index (χ3v) is 3.27. The molecule has 0 unspecified atom stereocenters. The summed E-state index contributed by atoms with van der Waals surface area (Å²) < 4.78 is 2.77. The molecule has 2 rings (SSSR count). The number of carbonyl (C=O) groups is 1. The molecule has 1 fully saturated rings. The van der Waals surface area contributed by atoms with Crippen LogP contribution in [0.5, 0.6) is 0 Å². The summed E-state index contributed by atoms with van der Waals surface area (Å²) in [6.45, 7) is 1.55. The molecule has 1 aliphatic rings. The van der Waals surface area contributed by atoms with E-state index in [1.807, 2.05) is 11.6 Å². The normalized spacial score (nSPS) is 16.2. The molecule has 0 atom stereocenters. The molecule has 4 heteroatoms. The Morgan fingerprint density at radius 2 is 2.23 bits per heavy atom. The number of rotatable bonds is 2. The number of ketones is 1. The highest BCUT2D eigenvalue weighted by Gasteiger charge is 2.30. The zero-order chi connectivity index (χ0) is 9.59. The molecule has 1 aromatic rings. The second kappa shape index (κ2) is 2.94. The quantitative estimate of drug-likeness (QED) is 0.747. The highest BCUT2D eigenvalue weighted by Crippen LogP contribution is 2.42. The van der Waals surface area contributed by atoms with Gasteiger partial charge in [-0.1, -0.05) is 0 Å². The van der Waals surface area contributed by atoms with Crippen LogP contribution < -0.4 is 0 Å². The van der Waals surface area contributed by atoms with Gasteiger partial charge in [-0.15, -0.1) is 0 Å². The van der Waals surface area contributed by atoms with E-state index in [-0.39, 0.29) is 5.78 Å². The summed E-state index contributed by atoms with van der Waals surface area (Å²) >= 11 is 3.46. The largest absolute Gasteiger partial charge is 0.319 e. The van der Waals surface area contributed by atoms with Crippen molar-refractivity contribution in [2.24, 2.45) is 7.05 Å². The van der Waals surface area contributed by atoms with Gasteiger partial charge in [-0.2, -0.15) is 0 Å². The fourth-order valence-electron chi connectivity index (χ4n) is 1.43. The molecule has 0 saturated heterocycles. The van der Waals surface area contributed by atoms with Gasteiger partial charge in [0.05, 0.1) is 5.69 Å². The van der Waals surface area contributed by atoms with Crippen LogP contribution in [-0.4, -0.2) is 15.3 Å². The number of hydrogen-bond donors (Lipinski definition) is 0. The molecule has 0 N–H and O–H groups in total. The third kappa shape index (κ3) is 1.43. The first-order chi connectivity index (χ1) is 6.11. The van der Waals surface area contributed by atoms with E-state index in [9.17, 15) is 4.79 Å². The second-order valence-electron chi connectivity index (χ2n) is 3.50. The molecule has 1 saturated carbocycles.